The van der Waals surface area contributed by atoms with E-state index in [0.29, 0.717) is 22.9 Å². The van der Waals surface area contributed by atoms with Crippen molar-refractivity contribution in [1.82, 2.24) is 14.9 Å². The molecule has 0 fully saturated rings. The number of benzene rings is 1. The maximum absolute atomic E-state index is 12.2. The summed E-state index contributed by atoms with van der Waals surface area (Å²) in [5, 5.41) is 11.8. The first-order valence-electron chi connectivity index (χ1n) is 7.47. The summed E-state index contributed by atoms with van der Waals surface area (Å²) in [4.78, 5) is 12.2. The summed E-state index contributed by atoms with van der Waals surface area (Å²) in [6, 6.07) is 9.19. The van der Waals surface area contributed by atoms with Crippen molar-refractivity contribution in [3.8, 4) is 0 Å². The van der Waals surface area contributed by atoms with Crippen molar-refractivity contribution < 1.29 is 9.32 Å². The lowest BCUT2D eigenvalue weighted by Gasteiger charge is -2.06. The van der Waals surface area contributed by atoms with Gasteiger partial charge in [0.1, 0.15) is 0 Å². The number of nitrogens with one attached hydrogen (secondary N) is 1. The summed E-state index contributed by atoms with van der Waals surface area (Å²) >= 11 is 5.91. The summed E-state index contributed by atoms with van der Waals surface area (Å²) in [5.74, 6) is -0.162. The van der Waals surface area contributed by atoms with Gasteiger partial charge in [0.25, 0.3) is 5.91 Å². The van der Waals surface area contributed by atoms with Crippen LogP contribution in [0.1, 0.15) is 33.2 Å². The summed E-state index contributed by atoms with van der Waals surface area (Å²) < 4.78 is 6.84. The van der Waals surface area contributed by atoms with Crippen molar-refractivity contribution in [2.75, 3.05) is 5.32 Å². The molecule has 0 saturated heterocycles. The number of aryl methyl sites for hydroxylation is 2. The minimum atomic E-state index is -0.340. The Bertz CT molecular complexity index is 881. The number of carbonyl (C=O) groups is 1. The molecule has 3 aromatic rings. The molecule has 124 valence electrons. The van der Waals surface area contributed by atoms with E-state index in [1.165, 1.54) is 0 Å². The molecule has 2 aromatic heterocycles. The van der Waals surface area contributed by atoms with Crippen LogP contribution in [-0.2, 0) is 6.54 Å². The van der Waals surface area contributed by atoms with Gasteiger partial charge in [0, 0.05) is 11.1 Å². The van der Waals surface area contributed by atoms with E-state index in [-0.39, 0.29) is 11.7 Å². The highest BCUT2D eigenvalue weighted by Crippen LogP contribution is 2.22. The van der Waals surface area contributed by atoms with E-state index in [1.54, 1.807) is 13.0 Å². The first-order chi connectivity index (χ1) is 11.4. The second-order valence-electron chi connectivity index (χ2n) is 5.62. The van der Waals surface area contributed by atoms with Crippen LogP contribution in [0.25, 0.3) is 0 Å². The summed E-state index contributed by atoms with van der Waals surface area (Å²) in [7, 11) is 0. The Morgan fingerprint density at radius 3 is 2.58 bits per heavy atom. The van der Waals surface area contributed by atoms with Gasteiger partial charge in [0.15, 0.2) is 0 Å². The fourth-order valence-electron chi connectivity index (χ4n) is 2.44. The average Bonchev–Trinajstić information content (AvgIpc) is 3.09. The van der Waals surface area contributed by atoms with E-state index in [2.05, 4.69) is 15.6 Å². The third kappa shape index (κ3) is 3.33. The smallest absolute Gasteiger partial charge is 0.294 e. The van der Waals surface area contributed by atoms with E-state index in [1.807, 2.05) is 42.8 Å². The van der Waals surface area contributed by atoms with Crippen LogP contribution in [0.5, 0.6) is 0 Å². The molecule has 1 N–H and O–H groups in total. The zero-order valence-electron chi connectivity index (χ0n) is 13.6. The van der Waals surface area contributed by atoms with Crippen molar-refractivity contribution in [3.05, 3.63) is 63.8 Å². The first kappa shape index (κ1) is 16.3. The molecule has 0 saturated carbocycles. The van der Waals surface area contributed by atoms with Gasteiger partial charge in [0.05, 0.1) is 29.3 Å². The lowest BCUT2D eigenvalue weighted by Crippen LogP contribution is -2.12. The van der Waals surface area contributed by atoms with Crippen LogP contribution < -0.4 is 5.32 Å². The van der Waals surface area contributed by atoms with E-state index >= 15 is 0 Å². The highest BCUT2D eigenvalue weighted by molar-refractivity contribution is 6.30. The number of halogens is 1. The van der Waals surface area contributed by atoms with Gasteiger partial charge < -0.3 is 9.84 Å². The van der Waals surface area contributed by atoms with Gasteiger partial charge in [-0.2, -0.15) is 5.10 Å². The van der Waals surface area contributed by atoms with Crippen molar-refractivity contribution >= 4 is 23.2 Å². The van der Waals surface area contributed by atoms with Gasteiger partial charge in [-0.05, 0) is 38.5 Å². The van der Waals surface area contributed by atoms with Crippen LogP contribution in [0.4, 0.5) is 5.69 Å². The van der Waals surface area contributed by atoms with Gasteiger partial charge in [0.2, 0.25) is 5.76 Å². The Hall–Kier alpha value is -2.60. The normalized spacial score (nSPS) is 10.8. The molecule has 1 amide bonds. The SMILES string of the molecule is Cc1cc(C(=O)Nc2c(C)nn(Cc3ccc(Cl)cc3)c2C)on1. The van der Waals surface area contributed by atoms with Crippen LogP contribution in [0, 0.1) is 20.8 Å². The van der Waals surface area contributed by atoms with Gasteiger partial charge in [-0.15, -0.1) is 0 Å². The maximum Gasteiger partial charge on any atom is 0.294 e. The van der Waals surface area contributed by atoms with Crippen molar-refractivity contribution in [2.45, 2.75) is 27.3 Å². The molecule has 0 spiro atoms. The zero-order valence-corrected chi connectivity index (χ0v) is 14.4. The molecule has 0 atom stereocenters. The molecule has 0 aliphatic heterocycles. The summed E-state index contributed by atoms with van der Waals surface area (Å²) in [6.45, 7) is 6.13. The van der Waals surface area contributed by atoms with Crippen LogP contribution in [0.15, 0.2) is 34.9 Å². The van der Waals surface area contributed by atoms with Gasteiger partial charge >= 0.3 is 0 Å². The molecule has 0 aliphatic carbocycles. The molecule has 6 nitrogen and oxygen atoms in total. The number of aromatic nitrogens is 3. The summed E-state index contributed by atoms with van der Waals surface area (Å²) in [5.41, 5.74) is 4.03. The standard InChI is InChI=1S/C17H17ClN4O2/c1-10-8-15(24-21-10)17(23)19-16-11(2)20-22(12(16)3)9-13-4-6-14(18)7-5-13/h4-8H,9H2,1-3H3,(H,19,23). The molecule has 0 radical (unpaired) electrons. The predicted molar refractivity (Wildman–Crippen MR) is 91.4 cm³/mol. The second-order valence-corrected chi connectivity index (χ2v) is 6.05. The van der Waals surface area contributed by atoms with E-state index in [9.17, 15) is 4.79 Å². The molecule has 1 aromatic carbocycles. The van der Waals surface area contributed by atoms with E-state index in [0.717, 1.165) is 17.0 Å². The lowest BCUT2D eigenvalue weighted by molar-refractivity contribution is 0.0987. The molecule has 2 heterocycles. The summed E-state index contributed by atoms with van der Waals surface area (Å²) in [6.07, 6.45) is 0. The van der Waals surface area contributed by atoms with E-state index < -0.39 is 0 Å². The monoisotopic (exact) mass is 344 g/mol. The Balaban J connectivity index is 1.81. The fourth-order valence-corrected chi connectivity index (χ4v) is 2.57. The lowest BCUT2D eigenvalue weighted by atomic mass is 10.2. The van der Waals surface area contributed by atoms with Crippen LogP contribution >= 0.6 is 11.6 Å². The van der Waals surface area contributed by atoms with Crippen molar-refractivity contribution in [3.63, 3.8) is 0 Å². The van der Waals surface area contributed by atoms with Crippen LogP contribution in [-0.4, -0.2) is 20.8 Å². The number of rotatable bonds is 4. The number of nitrogens with zero attached hydrogens (tertiary/aromatic N) is 3. The molecule has 0 aliphatic rings. The minimum Gasteiger partial charge on any atom is -0.351 e. The van der Waals surface area contributed by atoms with Gasteiger partial charge in [-0.1, -0.05) is 28.9 Å². The molecule has 0 unspecified atom stereocenters. The Labute approximate surface area is 144 Å². The Kier molecular flexibility index (Phi) is 4.40. The highest BCUT2D eigenvalue weighted by atomic mass is 35.5. The number of hydrogen-bond donors (Lipinski definition) is 1. The third-order valence-electron chi connectivity index (χ3n) is 3.72. The van der Waals surface area contributed by atoms with Crippen LogP contribution in [0.2, 0.25) is 5.02 Å². The molecular formula is C17H17ClN4O2. The zero-order chi connectivity index (χ0) is 17.3. The topological polar surface area (TPSA) is 73.0 Å². The predicted octanol–water partition coefficient (Wildman–Crippen LogP) is 3.75. The van der Waals surface area contributed by atoms with E-state index in [4.69, 9.17) is 16.1 Å². The van der Waals surface area contributed by atoms with Gasteiger partial charge in [-0.3, -0.25) is 9.48 Å². The molecular weight excluding hydrogens is 328 g/mol. The number of hydrogen-bond acceptors (Lipinski definition) is 4. The van der Waals surface area contributed by atoms with Gasteiger partial charge in [-0.25, -0.2) is 0 Å². The average molecular weight is 345 g/mol. The first-order valence-corrected chi connectivity index (χ1v) is 7.85. The Morgan fingerprint density at radius 2 is 1.96 bits per heavy atom. The number of amides is 1. The van der Waals surface area contributed by atoms with Crippen LogP contribution in [0.3, 0.4) is 0 Å². The molecule has 0 bridgehead atoms. The molecule has 3 rings (SSSR count). The second kappa shape index (κ2) is 6.49. The maximum atomic E-state index is 12.2. The third-order valence-corrected chi connectivity index (χ3v) is 3.97. The number of anilines is 1. The minimum absolute atomic E-state index is 0.178. The molecule has 7 heteroatoms. The Morgan fingerprint density at radius 1 is 1.25 bits per heavy atom. The largest absolute Gasteiger partial charge is 0.351 e. The molecule has 24 heavy (non-hydrogen) atoms. The van der Waals surface area contributed by atoms with Crippen molar-refractivity contribution in [1.29, 1.82) is 0 Å². The quantitative estimate of drug-likeness (QED) is 0.782. The van der Waals surface area contributed by atoms with Crippen molar-refractivity contribution in [2.24, 2.45) is 0 Å². The highest BCUT2D eigenvalue weighted by Gasteiger charge is 2.18. The fraction of sp³-hybridized carbons (Fsp3) is 0.235. The number of carbonyl (C=O) groups excluding carboxylic acids is 1.